The molecule has 0 atom stereocenters. The molecule has 0 heterocycles. The lowest BCUT2D eigenvalue weighted by atomic mass is 10.2. The molecule has 0 bridgehead atoms. The number of nitrogens with zero attached hydrogens (tertiary/aromatic N) is 1. The van der Waals surface area contributed by atoms with Gasteiger partial charge in [0.15, 0.2) is 0 Å². The summed E-state index contributed by atoms with van der Waals surface area (Å²) < 4.78 is 72.7. The van der Waals surface area contributed by atoms with E-state index in [1.165, 1.54) is 0 Å². The quantitative estimate of drug-likeness (QED) is 0.275. The maximum atomic E-state index is 12.1. The molecule has 3 amide bonds. The van der Waals surface area contributed by atoms with Crippen LogP contribution in [0.4, 0.5) is 26.3 Å². The van der Waals surface area contributed by atoms with Crippen LogP contribution >= 0.6 is 15.9 Å². The Morgan fingerprint density at radius 3 is 1.59 bits per heavy atom. The van der Waals surface area contributed by atoms with E-state index < -0.39 is 43.2 Å². The summed E-state index contributed by atoms with van der Waals surface area (Å²) in [5, 5.41) is 3.89. The first-order chi connectivity index (χ1) is 12.4. The molecule has 13 heteroatoms. The molecule has 0 spiro atoms. The lowest BCUT2D eigenvalue weighted by Gasteiger charge is -2.23. The Hall–Kier alpha value is -1.53. The number of hydrogen-bond donors (Lipinski definition) is 2. The predicted molar refractivity (Wildman–Crippen MR) is 87.0 cm³/mol. The minimum Gasteiger partial charge on any atom is -0.347 e. The summed E-state index contributed by atoms with van der Waals surface area (Å²) in [4.78, 5) is 34.6. The average molecular weight is 472 g/mol. The van der Waals surface area contributed by atoms with Crippen LogP contribution in [-0.4, -0.2) is 66.5 Å². The van der Waals surface area contributed by atoms with E-state index in [2.05, 4.69) is 15.9 Å². The second-order valence-electron chi connectivity index (χ2n) is 5.39. The van der Waals surface area contributed by atoms with Gasteiger partial charge in [0.05, 0.1) is 0 Å². The standard InChI is InChI=1S/C14H20BrF6N3O3/c15-5-3-1-2-4-10(25)24(8-6-22-11(26)13(16,17)18)9-7-23-12(27)14(19,20)21/h1-9H2,(H,22,26)(H,23,27). The van der Waals surface area contributed by atoms with Gasteiger partial charge in [-0.05, 0) is 12.8 Å². The molecular weight excluding hydrogens is 452 g/mol. The molecule has 158 valence electrons. The average Bonchev–Trinajstić information content (AvgIpc) is 2.55. The van der Waals surface area contributed by atoms with Crippen molar-refractivity contribution in [2.24, 2.45) is 0 Å². The van der Waals surface area contributed by atoms with Gasteiger partial charge in [0.1, 0.15) is 0 Å². The third-order valence-corrected chi connectivity index (χ3v) is 3.79. The number of amides is 3. The van der Waals surface area contributed by atoms with E-state index in [9.17, 15) is 40.7 Å². The number of halogens is 7. The van der Waals surface area contributed by atoms with Crippen LogP contribution < -0.4 is 10.6 Å². The number of alkyl halides is 7. The fourth-order valence-corrected chi connectivity index (χ4v) is 2.27. The monoisotopic (exact) mass is 471 g/mol. The summed E-state index contributed by atoms with van der Waals surface area (Å²) >= 11 is 3.21. The molecule has 0 unspecified atom stereocenters. The topological polar surface area (TPSA) is 78.5 Å². The Morgan fingerprint density at radius 2 is 1.22 bits per heavy atom. The van der Waals surface area contributed by atoms with Gasteiger partial charge in [-0.15, -0.1) is 0 Å². The molecule has 0 aromatic carbocycles. The third kappa shape index (κ3) is 11.7. The number of carbonyl (C=O) groups is 3. The van der Waals surface area contributed by atoms with Crippen molar-refractivity contribution in [1.82, 2.24) is 15.5 Å². The second-order valence-corrected chi connectivity index (χ2v) is 6.18. The lowest BCUT2D eigenvalue weighted by molar-refractivity contribution is -0.173. The van der Waals surface area contributed by atoms with Crippen LogP contribution in [0.5, 0.6) is 0 Å². The molecule has 0 rings (SSSR count). The predicted octanol–water partition coefficient (Wildman–Crippen LogP) is 2.13. The summed E-state index contributed by atoms with van der Waals surface area (Å²) in [5.74, 6) is -4.86. The highest BCUT2D eigenvalue weighted by molar-refractivity contribution is 9.09. The van der Waals surface area contributed by atoms with Gasteiger partial charge < -0.3 is 15.5 Å². The Bertz CT molecular complexity index is 467. The molecule has 0 aromatic rings. The fraction of sp³-hybridized carbons (Fsp3) is 0.786. The van der Waals surface area contributed by atoms with E-state index in [4.69, 9.17) is 0 Å². The highest BCUT2D eigenvalue weighted by Gasteiger charge is 2.39. The van der Waals surface area contributed by atoms with Gasteiger partial charge in [0.2, 0.25) is 5.91 Å². The molecule has 6 nitrogen and oxygen atoms in total. The first kappa shape index (κ1) is 25.5. The van der Waals surface area contributed by atoms with Crippen molar-refractivity contribution >= 4 is 33.7 Å². The van der Waals surface area contributed by atoms with Crippen LogP contribution in [0, 0.1) is 0 Å². The van der Waals surface area contributed by atoms with Gasteiger partial charge in [-0.3, -0.25) is 14.4 Å². The van der Waals surface area contributed by atoms with Gasteiger partial charge in [-0.1, -0.05) is 22.4 Å². The first-order valence-electron chi connectivity index (χ1n) is 7.93. The summed E-state index contributed by atoms with van der Waals surface area (Å²) in [7, 11) is 0. The molecule has 0 aromatic heterocycles. The zero-order chi connectivity index (χ0) is 21.1. The minimum absolute atomic E-state index is 0.0490. The zero-order valence-electron chi connectivity index (χ0n) is 14.2. The smallest absolute Gasteiger partial charge is 0.347 e. The molecule has 0 saturated carbocycles. The number of nitrogens with one attached hydrogen (secondary N) is 2. The Balaban J connectivity index is 4.58. The van der Waals surface area contributed by atoms with Crippen LogP contribution in [0.15, 0.2) is 0 Å². The Labute approximate surface area is 160 Å². The van der Waals surface area contributed by atoms with E-state index >= 15 is 0 Å². The minimum atomic E-state index is -5.08. The van der Waals surface area contributed by atoms with Gasteiger partial charge in [0, 0.05) is 37.9 Å². The number of carbonyl (C=O) groups excluding carboxylic acids is 3. The van der Waals surface area contributed by atoms with Crippen LogP contribution in [-0.2, 0) is 14.4 Å². The van der Waals surface area contributed by atoms with E-state index in [0.717, 1.165) is 16.7 Å². The number of rotatable bonds is 11. The maximum Gasteiger partial charge on any atom is 0.471 e. The second kappa shape index (κ2) is 12.0. The molecule has 0 aliphatic heterocycles. The van der Waals surface area contributed by atoms with E-state index in [1.54, 1.807) is 10.6 Å². The highest BCUT2D eigenvalue weighted by Crippen LogP contribution is 2.14. The molecule has 0 aliphatic carbocycles. The molecule has 2 N–H and O–H groups in total. The van der Waals surface area contributed by atoms with Crippen molar-refractivity contribution in [1.29, 1.82) is 0 Å². The molecule has 0 fully saturated rings. The van der Waals surface area contributed by atoms with Crippen LogP contribution in [0.1, 0.15) is 25.7 Å². The molecule has 0 aliphatic rings. The van der Waals surface area contributed by atoms with Crippen LogP contribution in [0.3, 0.4) is 0 Å². The van der Waals surface area contributed by atoms with Crippen molar-refractivity contribution in [3.8, 4) is 0 Å². The summed E-state index contributed by atoms with van der Waals surface area (Å²) in [5.41, 5.74) is 0. The fourth-order valence-electron chi connectivity index (χ4n) is 1.88. The van der Waals surface area contributed by atoms with Crippen molar-refractivity contribution in [2.45, 2.75) is 38.0 Å². The van der Waals surface area contributed by atoms with E-state index in [1.807, 2.05) is 0 Å². The van der Waals surface area contributed by atoms with Crippen molar-refractivity contribution in [3.05, 3.63) is 0 Å². The number of hydrogen-bond acceptors (Lipinski definition) is 3. The van der Waals surface area contributed by atoms with Crippen LogP contribution in [0.25, 0.3) is 0 Å². The SMILES string of the molecule is O=C(CCCCCBr)N(CCNC(=O)C(F)(F)F)CCNC(=O)C(F)(F)F. The van der Waals surface area contributed by atoms with Crippen molar-refractivity contribution in [2.75, 3.05) is 31.5 Å². The normalized spacial score (nSPS) is 11.8. The molecule has 0 saturated heterocycles. The third-order valence-electron chi connectivity index (χ3n) is 3.23. The van der Waals surface area contributed by atoms with Gasteiger partial charge in [-0.2, -0.15) is 26.3 Å². The van der Waals surface area contributed by atoms with Gasteiger partial charge in [-0.25, -0.2) is 0 Å². The van der Waals surface area contributed by atoms with Gasteiger partial charge >= 0.3 is 24.2 Å². The van der Waals surface area contributed by atoms with Crippen molar-refractivity contribution < 1.29 is 40.7 Å². The Kier molecular flexibility index (Phi) is 11.4. The van der Waals surface area contributed by atoms with Gasteiger partial charge in [0.25, 0.3) is 0 Å². The largest absolute Gasteiger partial charge is 0.471 e. The maximum absolute atomic E-state index is 12.1. The lowest BCUT2D eigenvalue weighted by Crippen LogP contribution is -2.46. The summed E-state index contributed by atoms with van der Waals surface area (Å²) in [6.07, 6.45) is -8.11. The highest BCUT2D eigenvalue weighted by atomic mass is 79.9. The molecule has 0 radical (unpaired) electrons. The van der Waals surface area contributed by atoms with Crippen LogP contribution in [0.2, 0.25) is 0 Å². The Morgan fingerprint density at radius 1 is 0.778 bits per heavy atom. The summed E-state index contributed by atoms with van der Waals surface area (Å²) in [6, 6.07) is 0. The zero-order valence-corrected chi connectivity index (χ0v) is 15.8. The van der Waals surface area contributed by atoms with E-state index in [0.29, 0.717) is 12.8 Å². The number of unbranched alkanes of at least 4 members (excludes halogenated alkanes) is 2. The van der Waals surface area contributed by atoms with Crippen molar-refractivity contribution in [3.63, 3.8) is 0 Å². The first-order valence-corrected chi connectivity index (χ1v) is 9.05. The summed E-state index contributed by atoms with van der Waals surface area (Å²) in [6.45, 7) is -1.72. The molecular formula is C14H20BrF6N3O3. The molecule has 27 heavy (non-hydrogen) atoms. The van der Waals surface area contributed by atoms with E-state index in [-0.39, 0.29) is 19.5 Å².